The molecule has 0 saturated heterocycles. The number of aliphatic hydroxyl groups excluding tert-OH is 1. The van der Waals surface area contributed by atoms with Gasteiger partial charge in [0.25, 0.3) is 5.91 Å². The normalized spacial score (nSPS) is 16.8. The molecular weight excluding hydrogens is 426 g/mol. The van der Waals surface area contributed by atoms with Crippen molar-refractivity contribution in [2.45, 2.75) is 25.8 Å². The molecule has 0 fully saturated rings. The summed E-state index contributed by atoms with van der Waals surface area (Å²) >= 11 is 3.45. The van der Waals surface area contributed by atoms with Crippen LogP contribution in [0, 0.1) is 0 Å². The Balaban J connectivity index is 1.87. The molecule has 0 spiro atoms. The molecular formula is C25H22BrNO2. The number of amides is 1. The van der Waals surface area contributed by atoms with Gasteiger partial charge in [-0.15, -0.1) is 0 Å². The molecule has 0 saturated carbocycles. The zero-order valence-corrected chi connectivity index (χ0v) is 17.9. The van der Waals surface area contributed by atoms with E-state index in [1.54, 1.807) is 4.90 Å². The summed E-state index contributed by atoms with van der Waals surface area (Å²) in [4.78, 5) is 14.8. The zero-order chi connectivity index (χ0) is 20.5. The highest BCUT2D eigenvalue weighted by Gasteiger charge is 2.41. The minimum atomic E-state index is -0.396. The fraction of sp³-hybridized carbons (Fsp3) is 0.160. The lowest BCUT2D eigenvalue weighted by Gasteiger charge is -2.28. The number of nitrogens with zero attached hydrogens (tertiary/aromatic N) is 1. The number of anilines is 1. The number of rotatable bonds is 4. The summed E-state index contributed by atoms with van der Waals surface area (Å²) < 4.78 is 0.936. The number of carbonyl (C=O) groups is 1. The molecule has 1 aliphatic heterocycles. The Hall–Kier alpha value is -2.85. The first-order valence-electron chi connectivity index (χ1n) is 9.65. The molecule has 0 bridgehead atoms. The molecule has 1 aliphatic rings. The van der Waals surface area contributed by atoms with Crippen LogP contribution in [0.5, 0.6) is 0 Å². The van der Waals surface area contributed by atoms with E-state index < -0.39 is 6.04 Å². The van der Waals surface area contributed by atoms with Gasteiger partial charge in [-0.3, -0.25) is 9.69 Å². The second kappa shape index (κ2) is 7.88. The molecule has 3 nitrogen and oxygen atoms in total. The van der Waals surface area contributed by atoms with Gasteiger partial charge in [0.1, 0.15) is 0 Å². The summed E-state index contributed by atoms with van der Waals surface area (Å²) in [7, 11) is 0. The predicted molar refractivity (Wildman–Crippen MR) is 121 cm³/mol. The van der Waals surface area contributed by atoms with Gasteiger partial charge in [-0.05, 0) is 46.9 Å². The van der Waals surface area contributed by atoms with Crippen molar-refractivity contribution in [1.29, 1.82) is 0 Å². The largest absolute Gasteiger partial charge is 0.503 e. The highest BCUT2D eigenvalue weighted by molar-refractivity contribution is 9.10. The van der Waals surface area contributed by atoms with E-state index >= 15 is 0 Å². The predicted octanol–water partition coefficient (Wildman–Crippen LogP) is 6.63. The Kier molecular flexibility index (Phi) is 5.29. The number of aliphatic hydroxyl groups is 1. The Morgan fingerprint density at radius 3 is 2.10 bits per heavy atom. The molecule has 3 aromatic carbocycles. The molecule has 3 aromatic rings. The van der Waals surface area contributed by atoms with Crippen molar-refractivity contribution in [3.63, 3.8) is 0 Å². The lowest BCUT2D eigenvalue weighted by Crippen LogP contribution is -2.30. The van der Waals surface area contributed by atoms with Crippen molar-refractivity contribution >= 4 is 33.1 Å². The molecule has 146 valence electrons. The first-order valence-corrected chi connectivity index (χ1v) is 10.4. The summed E-state index contributed by atoms with van der Waals surface area (Å²) in [6.45, 7) is 4.31. The third-order valence-electron chi connectivity index (χ3n) is 5.32. The maximum absolute atomic E-state index is 13.1. The number of hydrogen-bond acceptors (Lipinski definition) is 2. The molecule has 1 amide bonds. The van der Waals surface area contributed by atoms with Crippen molar-refractivity contribution in [1.82, 2.24) is 0 Å². The van der Waals surface area contributed by atoms with Crippen LogP contribution in [0.15, 0.2) is 89.1 Å². The quantitative estimate of drug-likeness (QED) is 0.487. The Labute approximate surface area is 179 Å². The van der Waals surface area contributed by atoms with E-state index in [4.69, 9.17) is 0 Å². The highest BCUT2D eigenvalue weighted by atomic mass is 79.9. The fourth-order valence-electron chi connectivity index (χ4n) is 3.76. The van der Waals surface area contributed by atoms with Gasteiger partial charge < -0.3 is 5.11 Å². The van der Waals surface area contributed by atoms with Crippen molar-refractivity contribution in [3.8, 4) is 0 Å². The van der Waals surface area contributed by atoms with Crippen molar-refractivity contribution in [2.24, 2.45) is 0 Å². The molecule has 1 N–H and O–H groups in total. The van der Waals surface area contributed by atoms with E-state index in [2.05, 4.69) is 54.0 Å². The van der Waals surface area contributed by atoms with E-state index in [-0.39, 0.29) is 11.7 Å². The average Bonchev–Trinajstić information content (AvgIpc) is 3.00. The average molecular weight is 448 g/mol. The molecule has 0 radical (unpaired) electrons. The number of halogens is 1. The molecule has 0 aromatic heterocycles. The SMILES string of the molecule is CC(C)c1ccc([C@@H]2C(c3ccccc3)=C(O)C(=O)N2c2ccc(Br)cc2)cc1. The van der Waals surface area contributed by atoms with Gasteiger partial charge in [0.05, 0.1) is 6.04 Å². The summed E-state index contributed by atoms with van der Waals surface area (Å²) in [5.41, 5.74) is 4.43. The molecule has 4 heteroatoms. The van der Waals surface area contributed by atoms with E-state index in [1.807, 2.05) is 54.6 Å². The zero-order valence-electron chi connectivity index (χ0n) is 16.3. The topological polar surface area (TPSA) is 40.5 Å². The molecule has 1 heterocycles. The number of hydrogen-bond donors (Lipinski definition) is 1. The maximum Gasteiger partial charge on any atom is 0.294 e. The minimum absolute atomic E-state index is 0.197. The third-order valence-corrected chi connectivity index (χ3v) is 5.85. The molecule has 0 unspecified atom stereocenters. The van der Waals surface area contributed by atoms with Crippen molar-refractivity contribution in [2.75, 3.05) is 4.90 Å². The minimum Gasteiger partial charge on any atom is -0.503 e. The molecule has 29 heavy (non-hydrogen) atoms. The summed E-state index contributed by atoms with van der Waals surface area (Å²) in [6.07, 6.45) is 0. The van der Waals surface area contributed by atoms with E-state index in [0.717, 1.165) is 21.3 Å². The van der Waals surface area contributed by atoms with E-state index in [0.29, 0.717) is 11.5 Å². The number of carbonyl (C=O) groups excluding carboxylic acids is 1. The molecule has 4 rings (SSSR count). The van der Waals surface area contributed by atoms with Crippen LogP contribution < -0.4 is 4.90 Å². The Morgan fingerprint density at radius 1 is 0.897 bits per heavy atom. The summed E-state index contributed by atoms with van der Waals surface area (Å²) in [6, 6.07) is 25.1. The van der Waals surface area contributed by atoms with E-state index in [9.17, 15) is 9.90 Å². The van der Waals surface area contributed by atoms with Crippen LogP contribution >= 0.6 is 15.9 Å². The lowest BCUT2D eigenvalue weighted by molar-refractivity contribution is -0.117. The van der Waals surface area contributed by atoms with Gasteiger partial charge in [0, 0.05) is 15.7 Å². The van der Waals surface area contributed by atoms with Crippen molar-refractivity contribution in [3.05, 3.63) is 106 Å². The first-order chi connectivity index (χ1) is 14.0. The second-order valence-electron chi connectivity index (χ2n) is 7.50. The smallest absolute Gasteiger partial charge is 0.294 e. The standard InChI is InChI=1S/C25H22BrNO2/c1-16(2)17-8-10-19(11-9-17)23-22(18-6-4-3-5-7-18)24(28)25(29)27(23)21-14-12-20(26)13-15-21/h3-16,23,28H,1-2H3/t23-/m1/s1. The first kappa shape index (κ1) is 19.5. The van der Waals surface area contributed by atoms with Gasteiger partial charge in [0.15, 0.2) is 5.76 Å². The van der Waals surface area contributed by atoms with Crippen LogP contribution in [0.2, 0.25) is 0 Å². The van der Waals surface area contributed by atoms with E-state index in [1.165, 1.54) is 5.56 Å². The fourth-order valence-corrected chi connectivity index (χ4v) is 4.03. The molecule has 1 atom stereocenters. The van der Waals surface area contributed by atoms with Gasteiger partial charge in [-0.25, -0.2) is 0 Å². The summed E-state index contributed by atoms with van der Waals surface area (Å²) in [5.74, 6) is -0.157. The highest BCUT2D eigenvalue weighted by Crippen LogP contribution is 2.45. The van der Waals surface area contributed by atoms with Crippen LogP contribution in [0.1, 0.15) is 42.5 Å². The van der Waals surface area contributed by atoms with Crippen molar-refractivity contribution < 1.29 is 9.90 Å². The van der Waals surface area contributed by atoms with Gasteiger partial charge in [-0.2, -0.15) is 0 Å². The number of benzene rings is 3. The lowest BCUT2D eigenvalue weighted by atomic mass is 9.91. The van der Waals surface area contributed by atoms with Crippen LogP contribution in [-0.4, -0.2) is 11.0 Å². The third kappa shape index (κ3) is 3.60. The monoisotopic (exact) mass is 447 g/mol. The van der Waals surface area contributed by atoms with Gasteiger partial charge in [0.2, 0.25) is 0 Å². The Bertz CT molecular complexity index is 1050. The molecule has 0 aliphatic carbocycles. The van der Waals surface area contributed by atoms with Crippen LogP contribution in [0.3, 0.4) is 0 Å². The van der Waals surface area contributed by atoms with Crippen LogP contribution in [-0.2, 0) is 4.79 Å². The van der Waals surface area contributed by atoms with Gasteiger partial charge in [-0.1, -0.05) is 84.4 Å². The van der Waals surface area contributed by atoms with Gasteiger partial charge >= 0.3 is 0 Å². The summed E-state index contributed by atoms with van der Waals surface area (Å²) in [5, 5.41) is 10.9. The maximum atomic E-state index is 13.1. The van der Waals surface area contributed by atoms with Crippen LogP contribution in [0.4, 0.5) is 5.69 Å². The second-order valence-corrected chi connectivity index (χ2v) is 8.42. The van der Waals surface area contributed by atoms with Crippen LogP contribution in [0.25, 0.3) is 5.57 Å². The Morgan fingerprint density at radius 2 is 1.52 bits per heavy atom.